The van der Waals surface area contributed by atoms with Crippen molar-refractivity contribution in [3.8, 4) is 0 Å². The Hall–Kier alpha value is -1.69. The average molecular weight is 150 g/mol. The number of nitrogen functional groups attached to an aromatic ring is 1. The maximum Gasteiger partial charge on any atom is 0.160 e. The highest BCUT2D eigenvalue weighted by Crippen LogP contribution is 2.13. The van der Waals surface area contributed by atoms with Crippen LogP contribution in [0.15, 0.2) is 12.5 Å². The van der Waals surface area contributed by atoms with Crippen molar-refractivity contribution in [1.29, 1.82) is 0 Å². The first-order chi connectivity index (χ1) is 5.42. The number of hydrazine groups is 1. The molecule has 0 aliphatic carbocycles. The maximum atomic E-state index is 5.19. The van der Waals surface area contributed by atoms with Crippen molar-refractivity contribution in [2.24, 2.45) is 5.84 Å². The zero-order chi connectivity index (χ0) is 7.68. The lowest BCUT2D eigenvalue weighted by Crippen LogP contribution is -2.08. The molecule has 0 bridgehead atoms. The van der Waals surface area contributed by atoms with Gasteiger partial charge in [0, 0.05) is 0 Å². The van der Waals surface area contributed by atoms with E-state index < -0.39 is 0 Å². The van der Waals surface area contributed by atoms with Gasteiger partial charge in [-0.3, -0.25) is 5.10 Å². The molecule has 6 heteroatoms. The smallest absolute Gasteiger partial charge is 0.160 e. The molecule has 6 nitrogen and oxygen atoms in total. The number of fused-ring (bicyclic) bond motifs is 1. The van der Waals surface area contributed by atoms with Crippen LogP contribution in [0, 0.1) is 0 Å². The van der Waals surface area contributed by atoms with Crippen molar-refractivity contribution in [2.45, 2.75) is 0 Å². The van der Waals surface area contributed by atoms with E-state index in [1.54, 1.807) is 6.20 Å². The van der Waals surface area contributed by atoms with E-state index in [1.807, 2.05) is 0 Å². The minimum Gasteiger partial charge on any atom is -0.308 e. The van der Waals surface area contributed by atoms with Gasteiger partial charge in [-0.1, -0.05) is 0 Å². The van der Waals surface area contributed by atoms with Crippen LogP contribution in [-0.2, 0) is 0 Å². The molecular formula is C5H6N6. The summed E-state index contributed by atoms with van der Waals surface area (Å²) in [5.41, 5.74) is 3.12. The standard InChI is InChI=1S/C5H6N6/c6-10-4-3-1-9-11-5(3)8-2-7-4/h1-2H,6H2,(H2,7,8,9,10,11). The number of anilines is 1. The van der Waals surface area contributed by atoms with E-state index >= 15 is 0 Å². The highest BCUT2D eigenvalue weighted by Gasteiger charge is 2.01. The molecule has 0 radical (unpaired) electrons. The van der Waals surface area contributed by atoms with Gasteiger partial charge >= 0.3 is 0 Å². The molecule has 2 heterocycles. The molecule has 0 spiro atoms. The number of aromatic nitrogens is 4. The lowest BCUT2D eigenvalue weighted by Gasteiger charge is -1.96. The minimum absolute atomic E-state index is 0.573. The Morgan fingerprint density at radius 2 is 2.36 bits per heavy atom. The summed E-state index contributed by atoms with van der Waals surface area (Å²) in [5, 5.41) is 7.27. The molecule has 0 saturated heterocycles. The third-order valence-electron chi connectivity index (χ3n) is 1.38. The summed E-state index contributed by atoms with van der Waals surface area (Å²) in [7, 11) is 0. The van der Waals surface area contributed by atoms with Crippen LogP contribution in [0.4, 0.5) is 5.82 Å². The topological polar surface area (TPSA) is 92.5 Å². The second kappa shape index (κ2) is 2.17. The third-order valence-corrected chi connectivity index (χ3v) is 1.38. The van der Waals surface area contributed by atoms with E-state index in [1.165, 1.54) is 6.33 Å². The van der Waals surface area contributed by atoms with Gasteiger partial charge < -0.3 is 5.43 Å². The predicted molar refractivity (Wildman–Crippen MR) is 39.5 cm³/mol. The highest BCUT2D eigenvalue weighted by molar-refractivity contribution is 5.85. The summed E-state index contributed by atoms with van der Waals surface area (Å²) >= 11 is 0. The van der Waals surface area contributed by atoms with Crippen LogP contribution >= 0.6 is 0 Å². The Morgan fingerprint density at radius 1 is 1.45 bits per heavy atom. The molecule has 0 aromatic carbocycles. The minimum atomic E-state index is 0.573. The molecular weight excluding hydrogens is 144 g/mol. The molecule has 2 rings (SSSR count). The van der Waals surface area contributed by atoms with Crippen molar-refractivity contribution in [3.05, 3.63) is 12.5 Å². The number of H-pyrrole nitrogens is 1. The quantitative estimate of drug-likeness (QED) is 0.381. The number of nitrogens with two attached hydrogens (primary N) is 1. The number of nitrogens with zero attached hydrogens (tertiary/aromatic N) is 3. The first kappa shape index (κ1) is 6.05. The van der Waals surface area contributed by atoms with Gasteiger partial charge in [0.25, 0.3) is 0 Å². The third kappa shape index (κ3) is 0.802. The van der Waals surface area contributed by atoms with Gasteiger partial charge in [-0.05, 0) is 0 Å². The lowest BCUT2D eigenvalue weighted by atomic mass is 10.4. The van der Waals surface area contributed by atoms with Crippen molar-refractivity contribution < 1.29 is 0 Å². The normalized spacial score (nSPS) is 10.3. The van der Waals surface area contributed by atoms with Gasteiger partial charge in [0.05, 0.1) is 11.6 Å². The van der Waals surface area contributed by atoms with Crippen LogP contribution in [0.3, 0.4) is 0 Å². The fraction of sp³-hybridized carbons (Fsp3) is 0. The van der Waals surface area contributed by atoms with Gasteiger partial charge in [-0.2, -0.15) is 5.10 Å². The van der Waals surface area contributed by atoms with Gasteiger partial charge in [0.2, 0.25) is 0 Å². The zero-order valence-electron chi connectivity index (χ0n) is 5.57. The van der Waals surface area contributed by atoms with Crippen LogP contribution < -0.4 is 11.3 Å². The Balaban J connectivity index is 2.79. The summed E-state index contributed by atoms with van der Waals surface area (Å²) in [6, 6.07) is 0. The van der Waals surface area contributed by atoms with Gasteiger partial charge in [0.15, 0.2) is 11.5 Å². The molecule has 0 amide bonds. The molecule has 0 aliphatic heterocycles. The molecule has 4 N–H and O–H groups in total. The van der Waals surface area contributed by atoms with Gasteiger partial charge in [-0.15, -0.1) is 0 Å². The fourth-order valence-corrected chi connectivity index (χ4v) is 0.880. The van der Waals surface area contributed by atoms with E-state index in [-0.39, 0.29) is 0 Å². The largest absolute Gasteiger partial charge is 0.308 e. The fourth-order valence-electron chi connectivity index (χ4n) is 0.880. The highest BCUT2D eigenvalue weighted by atomic mass is 15.3. The van der Waals surface area contributed by atoms with E-state index in [4.69, 9.17) is 5.84 Å². The van der Waals surface area contributed by atoms with E-state index in [0.717, 1.165) is 5.39 Å². The summed E-state index contributed by atoms with van der Waals surface area (Å²) in [6.45, 7) is 0. The zero-order valence-corrected chi connectivity index (χ0v) is 5.57. The van der Waals surface area contributed by atoms with Crippen molar-refractivity contribution in [2.75, 3.05) is 5.43 Å². The molecule has 56 valence electrons. The monoisotopic (exact) mass is 150 g/mol. The molecule has 0 fully saturated rings. The van der Waals surface area contributed by atoms with Crippen LogP contribution in [0.2, 0.25) is 0 Å². The molecule has 0 saturated carbocycles. The number of nitrogens with one attached hydrogen (secondary N) is 2. The van der Waals surface area contributed by atoms with E-state index in [0.29, 0.717) is 11.5 Å². The molecule has 2 aromatic rings. The number of hydrogen-bond acceptors (Lipinski definition) is 5. The lowest BCUT2D eigenvalue weighted by molar-refractivity contribution is 1.09. The van der Waals surface area contributed by atoms with E-state index in [9.17, 15) is 0 Å². The molecule has 11 heavy (non-hydrogen) atoms. The first-order valence-corrected chi connectivity index (χ1v) is 3.02. The Kier molecular flexibility index (Phi) is 1.19. The Labute approximate surface area is 61.8 Å². The van der Waals surface area contributed by atoms with Crippen LogP contribution in [0.5, 0.6) is 0 Å². The second-order valence-electron chi connectivity index (χ2n) is 2.00. The van der Waals surface area contributed by atoms with Crippen molar-refractivity contribution >= 4 is 16.9 Å². The Bertz CT molecular complexity index is 366. The SMILES string of the molecule is NNc1ncnc2[nH]ncc12. The number of hydrogen-bond donors (Lipinski definition) is 3. The Morgan fingerprint density at radius 3 is 3.18 bits per heavy atom. The first-order valence-electron chi connectivity index (χ1n) is 3.02. The molecule has 0 aliphatic rings. The number of aromatic amines is 1. The van der Waals surface area contributed by atoms with Crippen molar-refractivity contribution in [1.82, 2.24) is 20.2 Å². The molecule has 2 aromatic heterocycles. The van der Waals surface area contributed by atoms with E-state index in [2.05, 4.69) is 25.6 Å². The summed E-state index contributed by atoms with van der Waals surface area (Å²) in [5.74, 6) is 5.77. The summed E-state index contributed by atoms with van der Waals surface area (Å²) in [6.07, 6.45) is 3.03. The number of rotatable bonds is 1. The maximum absolute atomic E-state index is 5.19. The predicted octanol–water partition coefficient (Wildman–Crippen LogP) is -0.362. The van der Waals surface area contributed by atoms with Crippen molar-refractivity contribution in [3.63, 3.8) is 0 Å². The molecule has 0 atom stereocenters. The molecule has 0 unspecified atom stereocenters. The van der Waals surface area contributed by atoms with Gasteiger partial charge in [-0.25, -0.2) is 15.8 Å². The van der Waals surface area contributed by atoms with Crippen LogP contribution in [0.1, 0.15) is 0 Å². The second-order valence-corrected chi connectivity index (χ2v) is 2.00. The average Bonchev–Trinajstić information content (AvgIpc) is 2.50. The van der Waals surface area contributed by atoms with Crippen LogP contribution in [-0.4, -0.2) is 20.2 Å². The van der Waals surface area contributed by atoms with Crippen LogP contribution in [0.25, 0.3) is 11.0 Å². The summed E-state index contributed by atoms with van der Waals surface area (Å²) < 4.78 is 0. The summed E-state index contributed by atoms with van der Waals surface area (Å²) in [4.78, 5) is 7.82. The van der Waals surface area contributed by atoms with Gasteiger partial charge in [0.1, 0.15) is 6.33 Å².